The van der Waals surface area contributed by atoms with Crippen LogP contribution in [0, 0.1) is 5.92 Å². The molecule has 0 bridgehead atoms. The highest BCUT2D eigenvalue weighted by Gasteiger charge is 2.27. The molecule has 1 aliphatic heterocycles. The molecule has 2 N–H and O–H groups in total. The van der Waals surface area contributed by atoms with Gasteiger partial charge in [-0.3, -0.25) is 4.90 Å². The minimum Gasteiger partial charge on any atom is -0.387 e. The number of rotatable bonds is 8. The molecule has 0 aliphatic carbocycles. The van der Waals surface area contributed by atoms with Gasteiger partial charge in [0, 0.05) is 18.3 Å². The molecule has 154 valence electrons. The Morgan fingerprint density at radius 2 is 1.68 bits per heavy atom. The van der Waals surface area contributed by atoms with Crippen molar-refractivity contribution in [2.75, 3.05) is 25.0 Å². The topological polar surface area (TPSA) is 35.5 Å². The van der Waals surface area contributed by atoms with Crippen molar-refractivity contribution in [2.45, 2.75) is 51.7 Å². The summed E-state index contributed by atoms with van der Waals surface area (Å²) in [5, 5.41) is 14.2. The Morgan fingerprint density at radius 1 is 1.04 bits per heavy atom. The zero-order valence-corrected chi connectivity index (χ0v) is 18.0. The van der Waals surface area contributed by atoms with E-state index in [1.54, 1.807) is 0 Å². The van der Waals surface area contributed by atoms with E-state index in [4.69, 9.17) is 0 Å². The van der Waals surface area contributed by atoms with E-state index >= 15 is 0 Å². The highest BCUT2D eigenvalue weighted by atomic mass is 35.5. The smallest absolute Gasteiger partial charge is 0.0942 e. The number of nitrogens with zero attached hydrogens (tertiary/aromatic N) is 1. The molecule has 2 aromatic rings. The molecule has 0 aromatic heterocycles. The van der Waals surface area contributed by atoms with Gasteiger partial charge in [0.05, 0.1) is 6.10 Å². The van der Waals surface area contributed by atoms with E-state index in [-0.39, 0.29) is 18.4 Å². The number of piperidine rings is 1. The van der Waals surface area contributed by atoms with Crippen molar-refractivity contribution in [1.29, 1.82) is 0 Å². The first-order valence-electron chi connectivity index (χ1n) is 10.5. The molecule has 28 heavy (non-hydrogen) atoms. The van der Waals surface area contributed by atoms with Crippen molar-refractivity contribution in [3.05, 3.63) is 65.7 Å². The van der Waals surface area contributed by atoms with Crippen molar-refractivity contribution in [1.82, 2.24) is 4.90 Å². The average Bonchev–Trinajstić information content (AvgIpc) is 2.73. The molecule has 1 aliphatic rings. The molecule has 1 saturated heterocycles. The van der Waals surface area contributed by atoms with Gasteiger partial charge in [-0.1, -0.05) is 49.4 Å². The van der Waals surface area contributed by atoms with Crippen molar-refractivity contribution in [3.8, 4) is 0 Å². The van der Waals surface area contributed by atoms with Gasteiger partial charge in [0.1, 0.15) is 0 Å². The Bertz CT molecular complexity index is 669. The van der Waals surface area contributed by atoms with Crippen LogP contribution in [0.4, 0.5) is 5.69 Å². The minimum atomic E-state index is -0.434. The van der Waals surface area contributed by atoms with Gasteiger partial charge >= 0.3 is 0 Å². The highest BCUT2D eigenvalue weighted by Crippen LogP contribution is 2.28. The maximum atomic E-state index is 10.8. The van der Waals surface area contributed by atoms with Crippen molar-refractivity contribution in [2.24, 2.45) is 5.92 Å². The largest absolute Gasteiger partial charge is 0.387 e. The van der Waals surface area contributed by atoms with E-state index in [1.165, 1.54) is 24.8 Å². The van der Waals surface area contributed by atoms with Crippen molar-refractivity contribution >= 4 is 18.1 Å². The van der Waals surface area contributed by atoms with E-state index < -0.39 is 6.10 Å². The molecule has 0 amide bonds. The zero-order valence-electron chi connectivity index (χ0n) is 17.2. The number of aliphatic hydroxyl groups excluding tert-OH is 1. The number of likely N-dealkylation sites (tertiary alicyclic amines) is 1. The summed E-state index contributed by atoms with van der Waals surface area (Å²) in [5.74, 6) is 0.761. The SMILES string of the molecule is CCCNc1ccc([C@@H](O)[C@@H](C)N2CCC(Cc3ccccc3)CC2)cc1.Cl. The third-order valence-electron chi connectivity index (χ3n) is 5.88. The lowest BCUT2D eigenvalue weighted by molar-refractivity contribution is 0.0373. The molecule has 3 rings (SSSR count). The number of aliphatic hydroxyl groups is 1. The van der Waals surface area contributed by atoms with Gasteiger partial charge in [-0.05, 0) is 74.9 Å². The van der Waals surface area contributed by atoms with Crippen molar-refractivity contribution < 1.29 is 5.11 Å². The second-order valence-corrected chi connectivity index (χ2v) is 7.90. The number of hydrogen-bond donors (Lipinski definition) is 2. The summed E-state index contributed by atoms with van der Waals surface area (Å²) < 4.78 is 0. The Labute approximate surface area is 176 Å². The summed E-state index contributed by atoms with van der Waals surface area (Å²) in [6.45, 7) is 7.45. The van der Waals surface area contributed by atoms with Gasteiger partial charge in [0.25, 0.3) is 0 Å². The van der Waals surface area contributed by atoms with E-state index in [0.29, 0.717) is 0 Å². The van der Waals surface area contributed by atoms with E-state index in [2.05, 4.69) is 78.7 Å². The first kappa shape index (κ1) is 22.7. The molecule has 2 aromatic carbocycles. The highest BCUT2D eigenvalue weighted by molar-refractivity contribution is 5.85. The molecule has 1 fully saturated rings. The van der Waals surface area contributed by atoms with Gasteiger partial charge in [-0.25, -0.2) is 0 Å². The second-order valence-electron chi connectivity index (χ2n) is 7.90. The van der Waals surface area contributed by atoms with Crippen LogP contribution < -0.4 is 5.32 Å². The van der Waals surface area contributed by atoms with E-state index in [0.717, 1.165) is 43.2 Å². The molecule has 0 unspecified atom stereocenters. The molecular formula is C24H35ClN2O. The third-order valence-corrected chi connectivity index (χ3v) is 5.88. The first-order chi connectivity index (χ1) is 13.2. The molecule has 0 spiro atoms. The third kappa shape index (κ3) is 6.23. The number of hydrogen-bond acceptors (Lipinski definition) is 3. The predicted octanol–water partition coefficient (Wildman–Crippen LogP) is 5.31. The Hall–Kier alpha value is -1.55. The number of anilines is 1. The van der Waals surface area contributed by atoms with Gasteiger partial charge in [0.15, 0.2) is 0 Å². The van der Waals surface area contributed by atoms with Crippen LogP contribution >= 0.6 is 12.4 Å². The summed E-state index contributed by atoms with van der Waals surface area (Å²) in [5.41, 5.74) is 3.58. The molecule has 4 heteroatoms. The maximum absolute atomic E-state index is 10.8. The van der Waals surface area contributed by atoms with Crippen LogP contribution in [0.1, 0.15) is 50.3 Å². The molecule has 2 atom stereocenters. The Balaban J connectivity index is 0.00000280. The monoisotopic (exact) mass is 402 g/mol. The van der Waals surface area contributed by atoms with Gasteiger partial charge in [0.2, 0.25) is 0 Å². The van der Waals surface area contributed by atoms with Crippen LogP contribution in [0.3, 0.4) is 0 Å². The first-order valence-corrected chi connectivity index (χ1v) is 10.5. The minimum absolute atomic E-state index is 0. The van der Waals surface area contributed by atoms with Gasteiger partial charge in [-0.2, -0.15) is 0 Å². The van der Waals surface area contributed by atoms with E-state index in [1.807, 2.05) is 0 Å². The van der Waals surface area contributed by atoms with Crippen LogP contribution in [-0.2, 0) is 6.42 Å². The van der Waals surface area contributed by atoms with Crippen LogP contribution in [0.5, 0.6) is 0 Å². The van der Waals surface area contributed by atoms with Gasteiger partial charge < -0.3 is 10.4 Å². The van der Waals surface area contributed by atoms with Crippen LogP contribution in [0.15, 0.2) is 54.6 Å². The lowest BCUT2D eigenvalue weighted by Gasteiger charge is -2.38. The summed E-state index contributed by atoms with van der Waals surface area (Å²) in [6, 6.07) is 19.2. The maximum Gasteiger partial charge on any atom is 0.0942 e. The zero-order chi connectivity index (χ0) is 19.1. The molecule has 0 saturated carbocycles. The summed E-state index contributed by atoms with van der Waals surface area (Å²) in [6.07, 6.45) is 4.29. The number of nitrogens with one attached hydrogen (secondary N) is 1. The van der Waals surface area contributed by atoms with Crippen molar-refractivity contribution in [3.63, 3.8) is 0 Å². The fourth-order valence-electron chi connectivity index (χ4n) is 4.06. The average molecular weight is 403 g/mol. The van der Waals surface area contributed by atoms with Crippen LogP contribution in [0.25, 0.3) is 0 Å². The van der Waals surface area contributed by atoms with Crippen LogP contribution in [-0.4, -0.2) is 35.7 Å². The van der Waals surface area contributed by atoms with E-state index in [9.17, 15) is 5.11 Å². The summed E-state index contributed by atoms with van der Waals surface area (Å²) in [4.78, 5) is 2.45. The lowest BCUT2D eigenvalue weighted by Crippen LogP contribution is -2.43. The quantitative estimate of drug-likeness (QED) is 0.628. The molecule has 0 radical (unpaired) electrons. The summed E-state index contributed by atoms with van der Waals surface area (Å²) >= 11 is 0. The van der Waals surface area contributed by atoms with Gasteiger partial charge in [-0.15, -0.1) is 12.4 Å². The number of benzene rings is 2. The molecule has 3 nitrogen and oxygen atoms in total. The lowest BCUT2D eigenvalue weighted by atomic mass is 9.89. The fourth-order valence-corrected chi connectivity index (χ4v) is 4.06. The standard InChI is InChI=1S/C24H34N2O.ClH/c1-3-15-25-23-11-9-22(10-12-23)24(27)19(2)26-16-13-21(14-17-26)18-20-7-5-4-6-8-20;/h4-12,19,21,24-25,27H,3,13-18H2,1-2H3;1H/t19-,24+;/m1./s1. The molecular weight excluding hydrogens is 368 g/mol. The molecule has 1 heterocycles. The van der Waals surface area contributed by atoms with Crippen LogP contribution in [0.2, 0.25) is 0 Å². The Kier molecular flexibility index (Phi) is 9.30. The summed E-state index contributed by atoms with van der Waals surface area (Å²) in [7, 11) is 0. The Morgan fingerprint density at radius 3 is 2.29 bits per heavy atom. The fraction of sp³-hybridized carbons (Fsp3) is 0.500. The normalized spacial score (nSPS) is 17.5. The second kappa shape index (κ2) is 11.5. The predicted molar refractivity (Wildman–Crippen MR) is 121 cm³/mol. The number of halogens is 1.